The fraction of sp³-hybridized carbons (Fsp3) is 0. The molecule has 6 nitrogen and oxygen atoms in total. The maximum absolute atomic E-state index is 8.41. The summed E-state index contributed by atoms with van der Waals surface area (Å²) in [6.07, 6.45) is 0. The molecule has 0 saturated carbocycles. The van der Waals surface area contributed by atoms with Gasteiger partial charge in [-0.05, 0) is 0 Å². The Kier molecular flexibility index (Phi) is 22.3. The summed E-state index contributed by atoms with van der Waals surface area (Å²) in [5.41, 5.74) is 0. The molecule has 0 unspecified atom stereocenters. The first-order valence-electron chi connectivity index (χ1n) is 0.926. The first-order valence-corrected chi connectivity index (χ1v) is 2.78. The molecular formula is Cl2HgO6. The third-order valence-corrected chi connectivity index (χ3v) is 0. The normalized spacial score (nSPS) is 8.00. The molecule has 0 aliphatic rings. The van der Waals surface area contributed by atoms with Crippen molar-refractivity contribution in [2.45, 2.75) is 0 Å². The van der Waals surface area contributed by atoms with Gasteiger partial charge in [-0.2, -0.15) is 0 Å². The Morgan fingerprint density at radius 3 is 0.556 bits per heavy atom. The summed E-state index contributed by atoms with van der Waals surface area (Å²) < 4.78 is 50.4. The zero-order valence-corrected chi connectivity index (χ0v) is 10.9. The smallest absolute Gasteiger partial charge is 0.357 e. The van der Waals surface area contributed by atoms with Gasteiger partial charge in [-0.25, -0.2) is 0 Å². The number of hydrogen-bond donors (Lipinski definition) is 0. The molecule has 0 rings (SSSR count). The minimum Gasteiger partial charge on any atom is -0.357 e. The van der Waals surface area contributed by atoms with Crippen molar-refractivity contribution in [1.29, 1.82) is 0 Å². The van der Waals surface area contributed by atoms with Crippen LogP contribution in [-0.4, -0.2) is 0 Å². The molecule has 0 aliphatic carbocycles. The van der Waals surface area contributed by atoms with Crippen LogP contribution in [0.5, 0.6) is 0 Å². The largest absolute Gasteiger partial charge is 2.00 e. The van der Waals surface area contributed by atoms with Crippen LogP contribution < -0.4 is 28.0 Å². The van der Waals surface area contributed by atoms with Gasteiger partial charge in [0.25, 0.3) is 0 Å². The molecule has 0 heterocycles. The molecule has 0 N–H and O–H groups in total. The molecule has 0 atom stereocenters. The zero-order valence-electron chi connectivity index (χ0n) is 3.91. The van der Waals surface area contributed by atoms with E-state index in [4.69, 9.17) is 28.0 Å². The fourth-order valence-corrected chi connectivity index (χ4v) is 0. The summed E-state index contributed by atoms with van der Waals surface area (Å²) in [5.74, 6) is 0. The van der Waals surface area contributed by atoms with E-state index >= 15 is 0 Å². The van der Waals surface area contributed by atoms with Gasteiger partial charge in [0.2, 0.25) is 0 Å². The van der Waals surface area contributed by atoms with Crippen molar-refractivity contribution in [3.05, 3.63) is 0 Å². The Labute approximate surface area is 77.0 Å². The van der Waals surface area contributed by atoms with E-state index in [-0.39, 0.29) is 27.7 Å². The van der Waals surface area contributed by atoms with Crippen LogP contribution in [0.2, 0.25) is 0 Å². The van der Waals surface area contributed by atoms with Crippen LogP contribution in [0, 0.1) is 21.6 Å². The predicted molar refractivity (Wildman–Crippen MR) is 0 cm³/mol. The SMILES string of the molecule is [Hg+2].[O-][Cl+2]([O-])[O-].[O-][Cl+2]([O-])[O-]. The van der Waals surface area contributed by atoms with Gasteiger partial charge in [0.05, 0.1) is 21.6 Å². The molecule has 52 valence electrons. The van der Waals surface area contributed by atoms with Gasteiger partial charge in [0.15, 0.2) is 0 Å². The van der Waals surface area contributed by atoms with Crippen molar-refractivity contribution < 1.29 is 77.2 Å². The molecular weight excluding hydrogens is 367 g/mol. The Balaban J connectivity index is -0.0000000720. The van der Waals surface area contributed by atoms with Crippen molar-refractivity contribution >= 4 is 0 Å². The quantitative estimate of drug-likeness (QED) is 0.390. The van der Waals surface area contributed by atoms with Crippen molar-refractivity contribution in [2.24, 2.45) is 0 Å². The summed E-state index contributed by atoms with van der Waals surface area (Å²) in [7, 11) is -5.70. The van der Waals surface area contributed by atoms with Crippen LogP contribution in [0.25, 0.3) is 0 Å². The van der Waals surface area contributed by atoms with E-state index < -0.39 is 21.6 Å². The third-order valence-electron chi connectivity index (χ3n) is 0. The van der Waals surface area contributed by atoms with Gasteiger partial charge < -0.3 is 28.0 Å². The number of hydrogen-bond acceptors (Lipinski definition) is 6. The summed E-state index contributed by atoms with van der Waals surface area (Å²) in [5, 5.41) is 0. The van der Waals surface area contributed by atoms with Crippen molar-refractivity contribution in [1.82, 2.24) is 0 Å². The van der Waals surface area contributed by atoms with Crippen molar-refractivity contribution in [2.75, 3.05) is 0 Å². The Hall–Kier alpha value is 1.28. The molecule has 0 amide bonds. The van der Waals surface area contributed by atoms with E-state index in [0.717, 1.165) is 0 Å². The monoisotopic (exact) mass is 368 g/mol. The topological polar surface area (TPSA) is 138 Å². The first kappa shape index (κ1) is 16.7. The van der Waals surface area contributed by atoms with Crippen LogP contribution in [0.15, 0.2) is 0 Å². The average molecular weight is 367 g/mol. The molecule has 0 saturated heterocycles. The van der Waals surface area contributed by atoms with Crippen molar-refractivity contribution in [3.8, 4) is 0 Å². The predicted octanol–water partition coefficient (Wildman–Crippen LogP) is -7.14. The van der Waals surface area contributed by atoms with E-state index in [1.807, 2.05) is 0 Å². The van der Waals surface area contributed by atoms with Gasteiger partial charge in [-0.1, -0.05) is 0 Å². The Morgan fingerprint density at radius 2 is 0.556 bits per heavy atom. The Bertz CT molecular complexity index is 26.5. The molecule has 0 bridgehead atoms. The minimum atomic E-state index is -2.85. The second-order valence-corrected chi connectivity index (χ2v) is 1.13. The van der Waals surface area contributed by atoms with Crippen LogP contribution in [-0.2, 0) is 27.7 Å². The average Bonchev–Trinajstić information content (AvgIpc) is 1.25. The maximum Gasteiger partial charge on any atom is 2.00 e. The summed E-state index contributed by atoms with van der Waals surface area (Å²) in [6.45, 7) is 0. The third kappa shape index (κ3) is 302. The Morgan fingerprint density at radius 1 is 0.556 bits per heavy atom. The molecule has 9 heteroatoms. The molecule has 0 aromatic heterocycles. The molecule has 0 aromatic carbocycles. The number of rotatable bonds is 0. The molecule has 0 aliphatic heterocycles. The van der Waals surface area contributed by atoms with E-state index in [0.29, 0.717) is 0 Å². The molecule has 0 fully saturated rings. The van der Waals surface area contributed by atoms with Crippen LogP contribution >= 0.6 is 0 Å². The minimum absolute atomic E-state index is 0. The standard InChI is InChI=1S/2ClO3.Hg/c2*2-1(3)4;/q2*-1;+2. The molecule has 0 spiro atoms. The first-order chi connectivity index (χ1) is 3.46. The molecule has 0 aromatic rings. The number of halogens is 2. The maximum atomic E-state index is 8.41. The fourth-order valence-electron chi connectivity index (χ4n) is 0. The molecule has 9 heavy (non-hydrogen) atoms. The second kappa shape index (κ2) is 12.0. The van der Waals surface area contributed by atoms with E-state index in [1.165, 1.54) is 0 Å². The van der Waals surface area contributed by atoms with Gasteiger partial charge in [-0.15, -0.1) is 0 Å². The van der Waals surface area contributed by atoms with Gasteiger partial charge in [0, 0.05) is 0 Å². The zero-order chi connectivity index (χ0) is 7.15. The second-order valence-electron chi connectivity index (χ2n) is 0.378. The summed E-state index contributed by atoms with van der Waals surface area (Å²) >= 11 is 0. The van der Waals surface area contributed by atoms with E-state index in [2.05, 4.69) is 0 Å². The van der Waals surface area contributed by atoms with Crippen LogP contribution in [0.1, 0.15) is 0 Å². The summed E-state index contributed by atoms with van der Waals surface area (Å²) in [4.78, 5) is 0. The van der Waals surface area contributed by atoms with Crippen LogP contribution in [0.4, 0.5) is 0 Å². The van der Waals surface area contributed by atoms with Gasteiger partial charge in [0.1, 0.15) is 0 Å². The van der Waals surface area contributed by atoms with E-state index in [9.17, 15) is 0 Å². The summed E-state index contributed by atoms with van der Waals surface area (Å²) in [6, 6.07) is 0. The van der Waals surface area contributed by atoms with Gasteiger partial charge in [-0.3, -0.25) is 0 Å². The van der Waals surface area contributed by atoms with Crippen molar-refractivity contribution in [3.63, 3.8) is 0 Å². The molecule has 0 radical (unpaired) electrons. The van der Waals surface area contributed by atoms with Crippen LogP contribution in [0.3, 0.4) is 0 Å². The van der Waals surface area contributed by atoms with E-state index in [1.54, 1.807) is 0 Å². The van der Waals surface area contributed by atoms with Gasteiger partial charge >= 0.3 is 27.7 Å².